The van der Waals surface area contributed by atoms with Crippen molar-refractivity contribution < 1.29 is 18.3 Å². The van der Waals surface area contributed by atoms with Gasteiger partial charge in [-0.2, -0.15) is 13.2 Å². The molecule has 0 bridgehead atoms. The van der Waals surface area contributed by atoms with Gasteiger partial charge in [0.15, 0.2) is 0 Å². The fourth-order valence-corrected chi connectivity index (χ4v) is 2.95. The maximum Gasteiger partial charge on any atom is 0.417 e. The zero-order valence-corrected chi connectivity index (χ0v) is 12.1. The summed E-state index contributed by atoms with van der Waals surface area (Å²) < 4.78 is 37.9. The molecule has 1 unspecified atom stereocenters. The van der Waals surface area contributed by atoms with Crippen molar-refractivity contribution in [2.24, 2.45) is 5.92 Å². The van der Waals surface area contributed by atoms with Gasteiger partial charge in [-0.05, 0) is 25.3 Å². The van der Waals surface area contributed by atoms with Gasteiger partial charge in [0.2, 0.25) is 0 Å². The van der Waals surface area contributed by atoms with Crippen LogP contribution in [0.1, 0.15) is 50.2 Å². The molecule has 1 heterocycles. The minimum absolute atomic E-state index is 0.127. The summed E-state index contributed by atoms with van der Waals surface area (Å²) in [4.78, 5) is 3.84. The Labute approximate surface area is 122 Å². The topological polar surface area (TPSA) is 45.2 Å². The van der Waals surface area contributed by atoms with Gasteiger partial charge >= 0.3 is 6.18 Å². The smallest absolute Gasteiger partial charge is 0.392 e. The summed E-state index contributed by atoms with van der Waals surface area (Å²) in [6, 6.07) is 1.08. The van der Waals surface area contributed by atoms with Crippen molar-refractivity contribution in [2.75, 3.05) is 5.32 Å². The first-order valence-electron chi connectivity index (χ1n) is 7.33. The number of aliphatic hydroxyl groups excluding tert-OH is 1. The lowest BCUT2D eigenvalue weighted by molar-refractivity contribution is -0.137. The zero-order valence-electron chi connectivity index (χ0n) is 12.1. The van der Waals surface area contributed by atoms with Crippen LogP contribution in [0.4, 0.5) is 19.0 Å². The minimum Gasteiger partial charge on any atom is -0.392 e. The van der Waals surface area contributed by atoms with E-state index in [1.54, 1.807) is 0 Å². The number of pyridine rings is 1. The molecular weight excluding hydrogens is 281 g/mol. The summed E-state index contributed by atoms with van der Waals surface area (Å²) in [6.45, 7) is 1.54. The van der Waals surface area contributed by atoms with Gasteiger partial charge in [0.05, 0.1) is 12.2 Å². The van der Waals surface area contributed by atoms with Crippen LogP contribution in [0.3, 0.4) is 0 Å². The van der Waals surface area contributed by atoms with Crippen LogP contribution in [-0.4, -0.2) is 16.1 Å². The number of rotatable bonds is 5. The molecule has 21 heavy (non-hydrogen) atoms. The molecule has 1 aliphatic carbocycles. The zero-order chi connectivity index (χ0) is 15.5. The maximum atomic E-state index is 12.6. The number of aromatic nitrogens is 1. The maximum absolute atomic E-state index is 12.6. The van der Waals surface area contributed by atoms with Crippen molar-refractivity contribution in [3.8, 4) is 0 Å². The van der Waals surface area contributed by atoms with Crippen LogP contribution in [0.5, 0.6) is 0 Å². The normalized spacial score (nSPS) is 18.0. The lowest BCUT2D eigenvalue weighted by atomic mass is 9.99. The molecule has 1 aromatic rings. The molecule has 1 aliphatic rings. The van der Waals surface area contributed by atoms with E-state index in [2.05, 4.69) is 10.3 Å². The van der Waals surface area contributed by atoms with E-state index in [4.69, 9.17) is 0 Å². The number of halogens is 3. The van der Waals surface area contributed by atoms with Gasteiger partial charge in [-0.1, -0.05) is 25.7 Å². The monoisotopic (exact) mass is 302 g/mol. The van der Waals surface area contributed by atoms with Crippen LogP contribution in [0.15, 0.2) is 12.3 Å². The van der Waals surface area contributed by atoms with E-state index in [1.807, 2.05) is 6.92 Å². The third-order valence-corrected chi connectivity index (χ3v) is 4.01. The predicted molar refractivity (Wildman–Crippen MR) is 74.8 cm³/mol. The van der Waals surface area contributed by atoms with E-state index in [1.165, 1.54) is 25.7 Å². The highest BCUT2D eigenvalue weighted by molar-refractivity contribution is 5.46. The summed E-state index contributed by atoms with van der Waals surface area (Å²) in [5.74, 6) is 1.02. The molecule has 118 valence electrons. The first kappa shape index (κ1) is 16.1. The van der Waals surface area contributed by atoms with E-state index in [9.17, 15) is 18.3 Å². The molecule has 0 amide bonds. The van der Waals surface area contributed by atoms with E-state index in [0.717, 1.165) is 18.7 Å². The Hall–Kier alpha value is -1.30. The highest BCUT2D eigenvalue weighted by Crippen LogP contribution is 2.32. The van der Waals surface area contributed by atoms with Crippen molar-refractivity contribution in [1.29, 1.82) is 0 Å². The number of nitrogens with zero attached hydrogens (tertiary/aromatic N) is 1. The summed E-state index contributed by atoms with van der Waals surface area (Å²) in [6.07, 6.45) is 2.32. The third kappa shape index (κ3) is 4.33. The van der Waals surface area contributed by atoms with Crippen LogP contribution in [0, 0.1) is 5.92 Å². The molecule has 2 rings (SSSR count). The molecule has 0 spiro atoms. The summed E-state index contributed by atoms with van der Waals surface area (Å²) in [7, 11) is 0. The molecule has 6 heteroatoms. The molecule has 0 aromatic carbocycles. The molecule has 2 N–H and O–H groups in total. The number of hydrogen-bond donors (Lipinski definition) is 2. The van der Waals surface area contributed by atoms with Crippen molar-refractivity contribution in [3.63, 3.8) is 0 Å². The van der Waals surface area contributed by atoms with E-state index in [-0.39, 0.29) is 11.6 Å². The molecule has 3 nitrogen and oxygen atoms in total. The second-order valence-corrected chi connectivity index (χ2v) is 5.82. The van der Waals surface area contributed by atoms with Gasteiger partial charge in [0.1, 0.15) is 5.82 Å². The Morgan fingerprint density at radius 1 is 1.38 bits per heavy atom. The summed E-state index contributed by atoms with van der Waals surface area (Å²) >= 11 is 0. The van der Waals surface area contributed by atoms with Crippen molar-refractivity contribution in [1.82, 2.24) is 4.98 Å². The number of aliphatic hydroxyl groups is 1. The van der Waals surface area contributed by atoms with Crippen LogP contribution >= 0.6 is 0 Å². The Morgan fingerprint density at radius 3 is 2.62 bits per heavy atom. The minimum atomic E-state index is -4.44. The van der Waals surface area contributed by atoms with Crippen molar-refractivity contribution in [2.45, 2.75) is 57.9 Å². The largest absolute Gasteiger partial charge is 0.417 e. The number of alkyl halides is 3. The quantitative estimate of drug-likeness (QED) is 0.865. The highest BCUT2D eigenvalue weighted by atomic mass is 19.4. The Balaban J connectivity index is 2.04. The average molecular weight is 302 g/mol. The SMILES string of the molecule is CC(CC1CCCC1)Nc1ncc(C(F)(F)F)cc1CO. The van der Waals surface area contributed by atoms with Crippen molar-refractivity contribution in [3.05, 3.63) is 23.4 Å². The van der Waals surface area contributed by atoms with Gasteiger partial charge < -0.3 is 10.4 Å². The summed E-state index contributed by atoms with van der Waals surface area (Å²) in [5, 5.41) is 12.4. The highest BCUT2D eigenvalue weighted by Gasteiger charge is 2.31. The Bertz CT molecular complexity index is 470. The molecule has 1 saturated carbocycles. The average Bonchev–Trinajstić information content (AvgIpc) is 2.90. The standard InChI is InChI=1S/C15H21F3N2O/c1-10(6-11-4-2-3-5-11)20-14-12(9-21)7-13(8-19-14)15(16,17)18/h7-8,10-11,21H,2-6,9H2,1H3,(H,19,20). The van der Waals surface area contributed by atoms with E-state index in [0.29, 0.717) is 11.7 Å². The predicted octanol–water partition coefficient (Wildman–Crippen LogP) is 3.97. The number of nitrogens with one attached hydrogen (secondary N) is 1. The molecular formula is C15H21F3N2O. The summed E-state index contributed by atoms with van der Waals surface area (Å²) in [5.41, 5.74) is -0.649. The third-order valence-electron chi connectivity index (χ3n) is 4.01. The molecule has 0 saturated heterocycles. The second kappa shape index (κ2) is 6.64. The first-order chi connectivity index (χ1) is 9.90. The Kier molecular flexibility index (Phi) is 5.08. The molecule has 1 atom stereocenters. The molecule has 1 fully saturated rings. The van der Waals surface area contributed by atoms with Gasteiger partial charge in [-0.15, -0.1) is 0 Å². The van der Waals surface area contributed by atoms with Crippen LogP contribution < -0.4 is 5.32 Å². The lowest BCUT2D eigenvalue weighted by Crippen LogP contribution is -2.20. The van der Waals surface area contributed by atoms with E-state index < -0.39 is 18.3 Å². The van der Waals surface area contributed by atoms with Crippen molar-refractivity contribution >= 4 is 5.82 Å². The van der Waals surface area contributed by atoms with Gasteiger partial charge in [-0.3, -0.25) is 0 Å². The van der Waals surface area contributed by atoms with Crippen LogP contribution in [-0.2, 0) is 12.8 Å². The Morgan fingerprint density at radius 2 is 2.05 bits per heavy atom. The van der Waals surface area contributed by atoms with E-state index >= 15 is 0 Å². The number of anilines is 1. The molecule has 1 aromatic heterocycles. The van der Waals surface area contributed by atoms with Gasteiger partial charge in [-0.25, -0.2) is 4.98 Å². The van der Waals surface area contributed by atoms with Gasteiger partial charge in [0, 0.05) is 17.8 Å². The molecule has 0 aliphatic heterocycles. The second-order valence-electron chi connectivity index (χ2n) is 5.82. The van der Waals surface area contributed by atoms with Gasteiger partial charge in [0.25, 0.3) is 0 Å². The number of hydrogen-bond acceptors (Lipinski definition) is 3. The van der Waals surface area contributed by atoms with Crippen LogP contribution in [0.2, 0.25) is 0 Å². The molecule has 0 radical (unpaired) electrons. The van der Waals surface area contributed by atoms with Crippen LogP contribution in [0.25, 0.3) is 0 Å². The fourth-order valence-electron chi connectivity index (χ4n) is 2.95. The lowest BCUT2D eigenvalue weighted by Gasteiger charge is -2.20. The fraction of sp³-hybridized carbons (Fsp3) is 0.667. The first-order valence-corrected chi connectivity index (χ1v) is 7.33.